The molecule has 0 fully saturated rings. The van der Waals surface area contributed by atoms with Crippen molar-refractivity contribution in [3.8, 4) is 0 Å². The van der Waals surface area contributed by atoms with Gasteiger partial charge in [-0.05, 0) is 24.3 Å². The molecular weight excluding hydrogens is 308 g/mol. The van der Waals surface area contributed by atoms with Gasteiger partial charge in [-0.1, -0.05) is 12.1 Å². The maximum atomic E-state index is 12.1. The van der Waals surface area contributed by atoms with Gasteiger partial charge in [-0.15, -0.1) is 0 Å². The Morgan fingerprint density at radius 2 is 1.88 bits per heavy atom. The lowest BCUT2D eigenvalue weighted by molar-refractivity contribution is -0.139. The van der Waals surface area contributed by atoms with Crippen LogP contribution in [0.4, 0.5) is 0 Å². The molecule has 3 rings (SSSR count). The first-order valence-electron chi connectivity index (χ1n) is 7.28. The molecule has 0 radical (unpaired) electrons. The van der Waals surface area contributed by atoms with Crippen molar-refractivity contribution in [3.63, 3.8) is 0 Å². The van der Waals surface area contributed by atoms with E-state index in [0.29, 0.717) is 16.8 Å². The summed E-state index contributed by atoms with van der Waals surface area (Å²) in [5.41, 5.74) is 2.20. The molecule has 0 aliphatic heterocycles. The summed E-state index contributed by atoms with van der Waals surface area (Å²) in [6, 6.07) is 9.38. The number of aliphatic carboxylic acids is 1. The molecule has 0 spiro atoms. The van der Waals surface area contributed by atoms with Crippen LogP contribution in [-0.4, -0.2) is 38.0 Å². The van der Waals surface area contributed by atoms with Crippen molar-refractivity contribution >= 4 is 22.9 Å². The van der Waals surface area contributed by atoms with Crippen molar-refractivity contribution in [1.29, 1.82) is 0 Å². The first kappa shape index (κ1) is 15.5. The normalized spacial score (nSPS) is 11.8. The topological polar surface area (TPSA) is 105 Å². The number of carboxylic acids is 1. The van der Waals surface area contributed by atoms with Gasteiger partial charge in [0.15, 0.2) is 0 Å². The molecule has 3 aromatic rings. The molecule has 1 aromatic carbocycles. The predicted octanol–water partition coefficient (Wildman–Crippen LogP) is 1.45. The number of hydrogen-bond acceptors (Lipinski definition) is 5. The molecule has 120 valence electrons. The summed E-state index contributed by atoms with van der Waals surface area (Å²) in [4.78, 5) is 36.1. The summed E-state index contributed by atoms with van der Waals surface area (Å²) in [5, 5.41) is 11.8. The maximum Gasteiger partial charge on any atom is 0.326 e. The van der Waals surface area contributed by atoms with Gasteiger partial charge in [0.05, 0.1) is 22.3 Å². The number of nitrogens with zero attached hydrogens (tertiary/aromatic N) is 3. The number of pyridine rings is 1. The van der Waals surface area contributed by atoms with E-state index < -0.39 is 17.9 Å². The number of nitrogens with one attached hydrogen (secondary N) is 1. The van der Waals surface area contributed by atoms with E-state index in [-0.39, 0.29) is 6.42 Å². The second-order valence-electron chi connectivity index (χ2n) is 5.16. The van der Waals surface area contributed by atoms with Gasteiger partial charge in [0.2, 0.25) is 0 Å². The molecular formula is C17H14N4O3. The van der Waals surface area contributed by atoms with E-state index in [1.165, 1.54) is 18.6 Å². The van der Waals surface area contributed by atoms with Gasteiger partial charge in [-0.2, -0.15) is 0 Å². The van der Waals surface area contributed by atoms with Crippen molar-refractivity contribution in [3.05, 3.63) is 66.2 Å². The van der Waals surface area contributed by atoms with Crippen molar-refractivity contribution in [1.82, 2.24) is 20.3 Å². The average molecular weight is 322 g/mol. The zero-order chi connectivity index (χ0) is 16.9. The molecule has 7 nitrogen and oxygen atoms in total. The highest BCUT2D eigenvalue weighted by Crippen LogP contribution is 2.10. The van der Waals surface area contributed by atoms with Crippen molar-refractivity contribution in [2.45, 2.75) is 12.5 Å². The number of carboxylic acid groups (broad SMARTS) is 1. The van der Waals surface area contributed by atoms with Gasteiger partial charge < -0.3 is 10.4 Å². The van der Waals surface area contributed by atoms with Crippen LogP contribution < -0.4 is 5.32 Å². The Bertz CT molecular complexity index is 883. The van der Waals surface area contributed by atoms with Gasteiger partial charge in [-0.25, -0.2) is 9.78 Å². The van der Waals surface area contributed by atoms with E-state index in [4.69, 9.17) is 0 Å². The molecule has 1 amide bonds. The van der Waals surface area contributed by atoms with Crippen molar-refractivity contribution < 1.29 is 14.7 Å². The minimum Gasteiger partial charge on any atom is -0.480 e. The molecule has 7 heteroatoms. The van der Waals surface area contributed by atoms with Crippen LogP contribution in [0.5, 0.6) is 0 Å². The average Bonchev–Trinajstić information content (AvgIpc) is 2.61. The largest absolute Gasteiger partial charge is 0.480 e. The summed E-state index contributed by atoms with van der Waals surface area (Å²) in [7, 11) is 0. The SMILES string of the molecule is O=C(N[C@@H](Cc1cnc2ccccc2n1)C(=O)O)c1cccnc1. The number of fused-ring (bicyclic) bond motifs is 1. The molecule has 0 unspecified atom stereocenters. The number of amides is 1. The Kier molecular flexibility index (Phi) is 4.42. The molecule has 0 bridgehead atoms. The van der Waals surface area contributed by atoms with E-state index in [1.54, 1.807) is 18.2 Å². The molecule has 0 saturated heterocycles. The Balaban J connectivity index is 1.78. The monoisotopic (exact) mass is 322 g/mol. The van der Waals surface area contributed by atoms with Crippen LogP contribution in [0.15, 0.2) is 55.0 Å². The van der Waals surface area contributed by atoms with Crippen molar-refractivity contribution in [2.75, 3.05) is 0 Å². The zero-order valence-electron chi connectivity index (χ0n) is 12.6. The van der Waals surface area contributed by atoms with Crippen LogP contribution in [0, 0.1) is 0 Å². The molecule has 0 saturated carbocycles. The number of aromatic nitrogens is 3. The first-order valence-corrected chi connectivity index (χ1v) is 7.28. The Morgan fingerprint density at radius 3 is 2.58 bits per heavy atom. The van der Waals surface area contributed by atoms with E-state index >= 15 is 0 Å². The van der Waals surface area contributed by atoms with Crippen LogP contribution in [-0.2, 0) is 11.2 Å². The number of benzene rings is 1. The second-order valence-corrected chi connectivity index (χ2v) is 5.16. The number of para-hydroxylation sites is 2. The van der Waals surface area contributed by atoms with Crippen LogP contribution in [0.25, 0.3) is 11.0 Å². The highest BCUT2D eigenvalue weighted by Gasteiger charge is 2.22. The maximum absolute atomic E-state index is 12.1. The fourth-order valence-electron chi connectivity index (χ4n) is 2.24. The lowest BCUT2D eigenvalue weighted by Gasteiger charge is -2.14. The fraction of sp³-hybridized carbons (Fsp3) is 0.118. The van der Waals surface area contributed by atoms with Crippen LogP contribution in [0.1, 0.15) is 16.1 Å². The lowest BCUT2D eigenvalue weighted by atomic mass is 10.1. The number of rotatable bonds is 5. The Morgan fingerprint density at radius 1 is 1.08 bits per heavy atom. The van der Waals surface area contributed by atoms with Gasteiger partial charge >= 0.3 is 5.97 Å². The lowest BCUT2D eigenvalue weighted by Crippen LogP contribution is -2.42. The van der Waals surface area contributed by atoms with Gasteiger partial charge in [-0.3, -0.25) is 14.8 Å². The number of carbonyl (C=O) groups excluding carboxylic acids is 1. The summed E-state index contributed by atoms with van der Waals surface area (Å²) in [6.07, 6.45) is 4.48. The van der Waals surface area contributed by atoms with Gasteiger partial charge in [0.1, 0.15) is 6.04 Å². The smallest absolute Gasteiger partial charge is 0.326 e. The fourth-order valence-corrected chi connectivity index (χ4v) is 2.24. The third-order valence-corrected chi connectivity index (χ3v) is 3.44. The summed E-state index contributed by atoms with van der Waals surface area (Å²) in [6.45, 7) is 0. The van der Waals surface area contributed by atoms with Crippen LogP contribution in [0.2, 0.25) is 0 Å². The summed E-state index contributed by atoms with van der Waals surface area (Å²) >= 11 is 0. The van der Waals surface area contributed by atoms with E-state index in [1.807, 2.05) is 18.2 Å². The third-order valence-electron chi connectivity index (χ3n) is 3.44. The highest BCUT2D eigenvalue weighted by atomic mass is 16.4. The zero-order valence-corrected chi connectivity index (χ0v) is 12.6. The minimum absolute atomic E-state index is 0.0408. The molecule has 24 heavy (non-hydrogen) atoms. The van der Waals surface area contributed by atoms with Gasteiger partial charge in [0.25, 0.3) is 5.91 Å². The van der Waals surface area contributed by atoms with E-state index in [9.17, 15) is 14.7 Å². The minimum atomic E-state index is -1.14. The highest BCUT2D eigenvalue weighted by molar-refractivity contribution is 5.96. The molecule has 0 aliphatic rings. The molecule has 2 N–H and O–H groups in total. The van der Waals surface area contributed by atoms with Crippen LogP contribution in [0.3, 0.4) is 0 Å². The summed E-state index contributed by atoms with van der Waals surface area (Å²) in [5.74, 6) is -1.63. The summed E-state index contributed by atoms with van der Waals surface area (Å²) < 4.78 is 0. The Labute approximate surface area is 137 Å². The molecule has 2 aromatic heterocycles. The number of hydrogen-bond donors (Lipinski definition) is 2. The predicted molar refractivity (Wildman–Crippen MR) is 86.4 cm³/mol. The van der Waals surface area contributed by atoms with Crippen LogP contribution >= 0.6 is 0 Å². The third kappa shape index (κ3) is 3.52. The first-order chi connectivity index (χ1) is 11.6. The molecule has 0 aliphatic carbocycles. The molecule has 2 heterocycles. The Hall–Kier alpha value is -3.35. The van der Waals surface area contributed by atoms with Crippen molar-refractivity contribution in [2.24, 2.45) is 0 Å². The second kappa shape index (κ2) is 6.82. The van der Waals surface area contributed by atoms with E-state index in [2.05, 4.69) is 20.3 Å². The quantitative estimate of drug-likeness (QED) is 0.736. The van der Waals surface area contributed by atoms with E-state index in [0.717, 1.165) is 5.52 Å². The standard InChI is InChI=1S/C17H14N4O3/c22-16(11-4-3-7-18-9-11)21-15(17(23)24)8-12-10-19-13-5-1-2-6-14(13)20-12/h1-7,9-10,15H,8H2,(H,21,22)(H,23,24)/t15-/m0/s1. The molecule has 1 atom stereocenters. The van der Waals surface area contributed by atoms with Gasteiger partial charge in [0, 0.05) is 25.0 Å². The number of carbonyl (C=O) groups is 2.